The maximum atomic E-state index is 13.8. The Balaban J connectivity index is 1.74. The Bertz CT molecular complexity index is 1590. The molecule has 2 unspecified atom stereocenters. The molecule has 0 saturated carbocycles. The van der Waals surface area contributed by atoms with Gasteiger partial charge in [-0.2, -0.15) is 0 Å². The summed E-state index contributed by atoms with van der Waals surface area (Å²) in [4.78, 5) is 32.4. The molecule has 0 saturated heterocycles. The molecular formula is C27H20ClFN2O2S. The monoisotopic (exact) mass is 490 g/mol. The highest BCUT2D eigenvalue weighted by molar-refractivity contribution is 7.07. The second kappa shape index (κ2) is 8.78. The summed E-state index contributed by atoms with van der Waals surface area (Å²) < 4.78 is 15.2. The van der Waals surface area contributed by atoms with Crippen molar-refractivity contribution >= 4 is 34.8 Å². The summed E-state index contributed by atoms with van der Waals surface area (Å²) in [6.45, 7) is 4.02. The predicted molar refractivity (Wildman–Crippen MR) is 133 cm³/mol. The second-order valence-corrected chi connectivity index (χ2v) is 9.80. The van der Waals surface area contributed by atoms with E-state index in [2.05, 4.69) is 0 Å². The third kappa shape index (κ3) is 4.04. The molecule has 1 aliphatic heterocycles. The van der Waals surface area contributed by atoms with Crippen LogP contribution in [0.2, 0.25) is 5.02 Å². The van der Waals surface area contributed by atoms with Crippen LogP contribution in [0, 0.1) is 19.7 Å². The van der Waals surface area contributed by atoms with E-state index in [4.69, 9.17) is 16.6 Å². The molecule has 0 bridgehead atoms. The van der Waals surface area contributed by atoms with Crippen LogP contribution in [-0.2, 0) is 4.79 Å². The van der Waals surface area contributed by atoms with Crippen LogP contribution in [-0.4, -0.2) is 10.4 Å². The zero-order chi connectivity index (χ0) is 24.0. The molecule has 0 aliphatic carbocycles. The molecule has 0 spiro atoms. The van der Waals surface area contributed by atoms with Crippen molar-refractivity contribution in [2.75, 3.05) is 0 Å². The summed E-state index contributed by atoms with van der Waals surface area (Å²) in [5.74, 6) is -0.523. The van der Waals surface area contributed by atoms with Gasteiger partial charge >= 0.3 is 0 Å². The lowest BCUT2D eigenvalue weighted by Gasteiger charge is -2.25. The van der Waals surface area contributed by atoms with Gasteiger partial charge in [-0.05, 0) is 72.0 Å². The van der Waals surface area contributed by atoms with Crippen LogP contribution in [0.3, 0.4) is 0 Å². The number of carbonyl (C=O) groups excluding carboxylic acids is 1. The van der Waals surface area contributed by atoms with Gasteiger partial charge in [0.05, 0.1) is 4.53 Å². The first kappa shape index (κ1) is 22.4. The Labute approximate surface area is 204 Å². The molecule has 7 heteroatoms. The van der Waals surface area contributed by atoms with Crippen molar-refractivity contribution in [3.63, 3.8) is 0 Å². The summed E-state index contributed by atoms with van der Waals surface area (Å²) in [5.41, 5.74) is 4.06. The molecule has 2 atom stereocenters. The first-order valence-electron chi connectivity index (χ1n) is 10.7. The molecular weight excluding hydrogens is 471 g/mol. The van der Waals surface area contributed by atoms with Gasteiger partial charge in [0.2, 0.25) is 0 Å². The molecule has 170 valence electrons. The summed E-state index contributed by atoms with van der Waals surface area (Å²) >= 11 is 7.31. The molecule has 3 aromatic carbocycles. The molecule has 2 heterocycles. The average Bonchev–Trinajstić information content (AvgIpc) is 3.12. The first-order chi connectivity index (χ1) is 16.3. The second-order valence-electron chi connectivity index (χ2n) is 8.35. The number of hydrogen-bond donors (Lipinski definition) is 0. The number of fused-ring (bicyclic) bond motifs is 1. The van der Waals surface area contributed by atoms with E-state index in [1.54, 1.807) is 42.5 Å². The number of rotatable bonds is 3. The smallest absolute Gasteiger partial charge is 0.271 e. The third-order valence-electron chi connectivity index (χ3n) is 6.07. The fourth-order valence-electron chi connectivity index (χ4n) is 4.10. The van der Waals surface area contributed by atoms with E-state index in [1.807, 2.05) is 32.0 Å². The predicted octanol–water partition coefficient (Wildman–Crippen LogP) is 4.68. The lowest BCUT2D eigenvalue weighted by atomic mass is 9.91. The Morgan fingerprint density at radius 3 is 2.29 bits per heavy atom. The van der Waals surface area contributed by atoms with Gasteiger partial charge < -0.3 is 0 Å². The van der Waals surface area contributed by atoms with E-state index in [1.165, 1.54) is 28.0 Å². The fraction of sp³-hybridized carbons (Fsp3) is 0.148. The van der Waals surface area contributed by atoms with Crippen LogP contribution in [0.4, 0.5) is 4.39 Å². The van der Waals surface area contributed by atoms with Gasteiger partial charge in [0.1, 0.15) is 17.9 Å². The minimum atomic E-state index is -0.824. The highest BCUT2D eigenvalue weighted by Gasteiger charge is 2.36. The number of Topliss-reactive ketones (excluding diaryl/α,β-unsaturated/α-hetero) is 1. The van der Waals surface area contributed by atoms with Gasteiger partial charge in [0, 0.05) is 5.02 Å². The minimum absolute atomic E-state index is 0.175. The van der Waals surface area contributed by atoms with Crippen molar-refractivity contribution in [1.82, 2.24) is 4.57 Å². The van der Waals surface area contributed by atoms with Crippen molar-refractivity contribution in [2.24, 2.45) is 4.99 Å². The Hall–Kier alpha value is -3.35. The quantitative estimate of drug-likeness (QED) is 0.418. The molecule has 1 aromatic heterocycles. The van der Waals surface area contributed by atoms with E-state index in [9.17, 15) is 14.0 Å². The molecule has 0 amide bonds. The standard InChI is InChI=1S/C27H20ClFN2O2S/c1-15-3-6-19(13-16(15)2)23-25(32)24(18-7-9-20(28)10-8-18)31-26(33)22(34-27(31)30-23)14-17-4-11-21(29)12-5-17/h3-14,23-24H,1-2H3/b22-14-. The van der Waals surface area contributed by atoms with Crippen LogP contribution in [0.1, 0.15) is 39.9 Å². The van der Waals surface area contributed by atoms with E-state index in [0.717, 1.165) is 16.7 Å². The number of benzene rings is 3. The van der Waals surface area contributed by atoms with Crippen LogP contribution in [0.25, 0.3) is 6.08 Å². The highest BCUT2D eigenvalue weighted by atomic mass is 35.5. The van der Waals surface area contributed by atoms with Gasteiger partial charge in [0.25, 0.3) is 5.56 Å². The van der Waals surface area contributed by atoms with Gasteiger partial charge in [-0.25, -0.2) is 9.38 Å². The zero-order valence-electron chi connectivity index (χ0n) is 18.5. The van der Waals surface area contributed by atoms with Crippen LogP contribution < -0.4 is 14.9 Å². The third-order valence-corrected chi connectivity index (χ3v) is 7.32. The molecule has 34 heavy (non-hydrogen) atoms. The number of aromatic nitrogens is 1. The van der Waals surface area contributed by atoms with E-state index < -0.39 is 12.1 Å². The molecule has 4 aromatic rings. The minimum Gasteiger partial charge on any atom is -0.294 e. The molecule has 0 fully saturated rings. The SMILES string of the molecule is Cc1ccc(C2N=c3s/c(=C\c4ccc(F)cc4)c(=O)n3C(c3ccc(Cl)cc3)C2=O)cc1C. The number of ketones is 1. The van der Waals surface area contributed by atoms with Crippen molar-refractivity contribution in [2.45, 2.75) is 25.9 Å². The van der Waals surface area contributed by atoms with Crippen LogP contribution in [0.5, 0.6) is 0 Å². The lowest BCUT2D eigenvalue weighted by molar-refractivity contribution is -0.123. The summed E-state index contributed by atoms with van der Waals surface area (Å²) in [6.07, 6.45) is 1.70. The molecule has 5 rings (SSSR count). The molecule has 0 N–H and O–H groups in total. The maximum absolute atomic E-state index is 13.8. The van der Waals surface area contributed by atoms with Crippen LogP contribution >= 0.6 is 22.9 Å². The Kier molecular flexibility index (Phi) is 5.80. The molecule has 0 radical (unpaired) electrons. The van der Waals surface area contributed by atoms with Crippen molar-refractivity contribution in [1.29, 1.82) is 0 Å². The summed E-state index contributed by atoms with van der Waals surface area (Å²) in [6, 6.07) is 17.2. The largest absolute Gasteiger partial charge is 0.294 e. The zero-order valence-corrected chi connectivity index (χ0v) is 20.0. The normalized spacial score (nSPS) is 18.0. The van der Waals surface area contributed by atoms with Gasteiger partial charge in [-0.15, -0.1) is 0 Å². The molecule has 4 nitrogen and oxygen atoms in total. The number of aryl methyl sites for hydroxylation is 2. The fourth-order valence-corrected chi connectivity index (χ4v) is 5.25. The van der Waals surface area contributed by atoms with E-state index >= 15 is 0 Å². The molecule has 1 aliphatic rings. The van der Waals surface area contributed by atoms with Crippen LogP contribution in [0.15, 0.2) is 76.5 Å². The number of thiazole rings is 1. The topological polar surface area (TPSA) is 51.4 Å². The lowest BCUT2D eigenvalue weighted by Crippen LogP contribution is -2.43. The van der Waals surface area contributed by atoms with Crippen molar-refractivity contribution in [3.8, 4) is 0 Å². The van der Waals surface area contributed by atoms with Crippen molar-refractivity contribution < 1.29 is 9.18 Å². The van der Waals surface area contributed by atoms with Crippen molar-refractivity contribution in [3.05, 3.63) is 125 Å². The van der Waals surface area contributed by atoms with Gasteiger partial charge in [0.15, 0.2) is 10.6 Å². The Morgan fingerprint density at radius 1 is 0.941 bits per heavy atom. The van der Waals surface area contributed by atoms with E-state index in [0.29, 0.717) is 25.5 Å². The Morgan fingerprint density at radius 2 is 1.62 bits per heavy atom. The maximum Gasteiger partial charge on any atom is 0.271 e. The highest BCUT2D eigenvalue weighted by Crippen LogP contribution is 2.31. The number of hydrogen-bond acceptors (Lipinski definition) is 4. The number of halogens is 2. The summed E-state index contributed by atoms with van der Waals surface area (Å²) in [5, 5.41) is 0.547. The van der Waals surface area contributed by atoms with Gasteiger partial charge in [-0.3, -0.25) is 14.2 Å². The average molecular weight is 491 g/mol. The number of carbonyl (C=O) groups is 1. The number of nitrogens with zero attached hydrogens (tertiary/aromatic N) is 2. The van der Waals surface area contributed by atoms with Gasteiger partial charge in [-0.1, -0.05) is 65.4 Å². The van der Waals surface area contributed by atoms with E-state index in [-0.39, 0.29) is 17.2 Å². The summed E-state index contributed by atoms with van der Waals surface area (Å²) in [7, 11) is 0. The first-order valence-corrected chi connectivity index (χ1v) is 11.9.